The van der Waals surface area contributed by atoms with Crippen LogP contribution in [-0.2, 0) is 6.54 Å². The summed E-state index contributed by atoms with van der Waals surface area (Å²) in [7, 11) is 1.54. The Hall–Kier alpha value is -1.75. The van der Waals surface area contributed by atoms with Crippen molar-refractivity contribution in [3.8, 4) is 5.75 Å². The van der Waals surface area contributed by atoms with E-state index >= 15 is 0 Å². The molecule has 3 heterocycles. The zero-order chi connectivity index (χ0) is 17.1. The molecule has 5 aliphatic rings. The first-order valence-corrected chi connectivity index (χ1v) is 9.55. The van der Waals surface area contributed by atoms with Gasteiger partial charge >= 0.3 is 6.09 Å². The van der Waals surface area contributed by atoms with Gasteiger partial charge in [-0.05, 0) is 43.9 Å². The molecule has 1 N–H and O–H groups in total. The minimum atomic E-state index is -0.494. The molecule has 1 aromatic carbocycles. The molecule has 0 unspecified atom stereocenters. The van der Waals surface area contributed by atoms with Gasteiger partial charge in [-0.15, -0.1) is 0 Å². The van der Waals surface area contributed by atoms with Crippen molar-refractivity contribution in [2.75, 3.05) is 7.05 Å². The minimum absolute atomic E-state index is 0.445. The molecule has 5 nitrogen and oxygen atoms in total. The van der Waals surface area contributed by atoms with Crippen molar-refractivity contribution in [3.63, 3.8) is 0 Å². The van der Waals surface area contributed by atoms with Crippen LogP contribution in [0.2, 0.25) is 5.02 Å². The Balaban J connectivity index is 1.55. The van der Waals surface area contributed by atoms with Crippen LogP contribution in [0.15, 0.2) is 17.1 Å². The van der Waals surface area contributed by atoms with Crippen molar-refractivity contribution in [3.05, 3.63) is 22.7 Å². The van der Waals surface area contributed by atoms with E-state index in [2.05, 4.69) is 10.2 Å². The Morgan fingerprint density at radius 1 is 1.24 bits per heavy atom. The fraction of sp³-hybridized carbons (Fsp3) is 0.579. The summed E-state index contributed by atoms with van der Waals surface area (Å²) in [6.45, 7) is 0.827. The van der Waals surface area contributed by atoms with Crippen LogP contribution in [-0.4, -0.2) is 29.9 Å². The van der Waals surface area contributed by atoms with Crippen molar-refractivity contribution >= 4 is 29.2 Å². The van der Waals surface area contributed by atoms with Crippen molar-refractivity contribution in [1.29, 1.82) is 0 Å². The molecule has 4 fully saturated rings. The third-order valence-electron chi connectivity index (χ3n) is 6.34. The maximum absolute atomic E-state index is 11.5. The van der Waals surface area contributed by atoms with Crippen LogP contribution in [0.1, 0.15) is 37.7 Å². The minimum Gasteiger partial charge on any atom is -0.410 e. The quantitative estimate of drug-likeness (QED) is 0.820. The number of rotatable bonds is 1. The second-order valence-electron chi connectivity index (χ2n) is 7.90. The maximum atomic E-state index is 11.5. The van der Waals surface area contributed by atoms with Crippen molar-refractivity contribution in [1.82, 2.24) is 10.2 Å². The molecule has 132 valence electrons. The second-order valence-corrected chi connectivity index (χ2v) is 8.31. The van der Waals surface area contributed by atoms with Gasteiger partial charge in [0.1, 0.15) is 11.6 Å². The summed E-state index contributed by atoms with van der Waals surface area (Å²) < 4.78 is 5.26. The number of ether oxygens (including phenoxy) is 1. The van der Waals surface area contributed by atoms with Gasteiger partial charge in [0.2, 0.25) is 0 Å². The highest BCUT2D eigenvalue weighted by atomic mass is 35.5. The Bertz CT molecular complexity index is 764. The number of amides is 1. The van der Waals surface area contributed by atoms with E-state index in [9.17, 15) is 4.79 Å². The molecule has 2 atom stereocenters. The smallest absolute Gasteiger partial charge is 0.410 e. The number of carbonyl (C=O) groups excluding carboxylic acids is 1. The monoisotopic (exact) mass is 359 g/mol. The summed E-state index contributed by atoms with van der Waals surface area (Å²) in [5, 5.41) is 3.09. The van der Waals surface area contributed by atoms with Crippen LogP contribution < -0.4 is 10.1 Å². The van der Waals surface area contributed by atoms with Gasteiger partial charge in [-0.2, -0.15) is 0 Å². The maximum Gasteiger partial charge on any atom is 0.412 e. The lowest BCUT2D eigenvalue weighted by molar-refractivity contribution is 0.128. The predicted octanol–water partition coefficient (Wildman–Crippen LogP) is 4.11. The predicted molar refractivity (Wildman–Crippen MR) is 96.5 cm³/mol. The van der Waals surface area contributed by atoms with E-state index in [-0.39, 0.29) is 0 Å². The molecular formula is C19H22ClN3O2. The average Bonchev–Trinajstić information content (AvgIpc) is 2.75. The van der Waals surface area contributed by atoms with E-state index in [1.165, 1.54) is 45.0 Å². The number of nitrogens with one attached hydrogen (secondary N) is 1. The summed E-state index contributed by atoms with van der Waals surface area (Å²) >= 11 is 6.52. The Kier molecular flexibility index (Phi) is 3.49. The number of amidine groups is 1. The summed E-state index contributed by atoms with van der Waals surface area (Å²) in [5.41, 5.74) is 1.91. The molecule has 2 saturated heterocycles. The summed E-state index contributed by atoms with van der Waals surface area (Å²) in [6, 6.07) is 4.18. The van der Waals surface area contributed by atoms with Crippen LogP contribution in [0.25, 0.3) is 0 Å². The van der Waals surface area contributed by atoms with Crippen LogP contribution in [0, 0.1) is 17.8 Å². The van der Waals surface area contributed by atoms with Gasteiger partial charge in [0.05, 0.1) is 10.7 Å². The average molecular weight is 360 g/mol. The second kappa shape index (κ2) is 5.63. The lowest BCUT2D eigenvalue weighted by Gasteiger charge is -2.39. The van der Waals surface area contributed by atoms with E-state index in [4.69, 9.17) is 21.3 Å². The molecule has 0 aromatic heterocycles. The van der Waals surface area contributed by atoms with Crippen molar-refractivity contribution < 1.29 is 9.53 Å². The highest BCUT2D eigenvalue weighted by molar-refractivity contribution is 6.32. The fourth-order valence-corrected chi connectivity index (χ4v) is 5.70. The third kappa shape index (κ3) is 2.51. The lowest BCUT2D eigenvalue weighted by atomic mass is 9.68. The molecule has 6 rings (SSSR count). The molecule has 6 heteroatoms. The van der Waals surface area contributed by atoms with Crippen LogP contribution in [0.5, 0.6) is 5.75 Å². The summed E-state index contributed by atoms with van der Waals surface area (Å²) in [4.78, 5) is 19.1. The third-order valence-corrected chi connectivity index (χ3v) is 6.67. The topological polar surface area (TPSA) is 53.9 Å². The first-order valence-electron chi connectivity index (χ1n) is 9.18. The molecular weight excluding hydrogens is 338 g/mol. The van der Waals surface area contributed by atoms with Gasteiger partial charge in [0, 0.05) is 43.2 Å². The van der Waals surface area contributed by atoms with E-state index in [1.807, 2.05) is 6.07 Å². The lowest BCUT2D eigenvalue weighted by Crippen LogP contribution is -2.42. The normalized spacial score (nSPS) is 31.8. The SMILES string of the molecule is CNC(=O)Oc1cc(Cl)c2c(c1)N=C1C3C[C@H]4CC(C[C@H](C3)C4)N1C2. The van der Waals surface area contributed by atoms with Gasteiger partial charge in [0.15, 0.2) is 0 Å². The highest BCUT2D eigenvalue weighted by Gasteiger charge is 2.46. The zero-order valence-electron chi connectivity index (χ0n) is 14.3. The van der Waals surface area contributed by atoms with E-state index in [0.717, 1.165) is 29.6 Å². The molecule has 2 aliphatic carbocycles. The van der Waals surface area contributed by atoms with Crippen molar-refractivity contribution in [2.45, 2.75) is 44.7 Å². The highest BCUT2D eigenvalue weighted by Crippen LogP contribution is 2.51. The Morgan fingerprint density at radius 2 is 2.00 bits per heavy atom. The van der Waals surface area contributed by atoms with Crippen LogP contribution >= 0.6 is 11.6 Å². The van der Waals surface area contributed by atoms with Gasteiger partial charge in [-0.25, -0.2) is 9.79 Å². The molecule has 2 saturated carbocycles. The van der Waals surface area contributed by atoms with Gasteiger partial charge in [-0.1, -0.05) is 11.6 Å². The largest absolute Gasteiger partial charge is 0.412 e. The van der Waals surface area contributed by atoms with Gasteiger partial charge in [-0.3, -0.25) is 0 Å². The first-order chi connectivity index (χ1) is 12.1. The molecule has 4 bridgehead atoms. The summed E-state index contributed by atoms with van der Waals surface area (Å²) in [6.07, 6.45) is 6.07. The summed E-state index contributed by atoms with van der Waals surface area (Å²) in [5.74, 6) is 3.99. The van der Waals surface area contributed by atoms with Crippen molar-refractivity contribution in [2.24, 2.45) is 22.7 Å². The van der Waals surface area contributed by atoms with E-state index in [0.29, 0.717) is 22.7 Å². The van der Waals surface area contributed by atoms with Crippen LogP contribution in [0.3, 0.4) is 0 Å². The first kappa shape index (κ1) is 15.5. The molecule has 1 amide bonds. The number of aliphatic imine (C=N–C) groups is 1. The fourth-order valence-electron chi connectivity index (χ4n) is 5.43. The Labute approximate surface area is 152 Å². The van der Waals surface area contributed by atoms with Crippen LogP contribution in [0.4, 0.5) is 10.5 Å². The van der Waals surface area contributed by atoms with Gasteiger partial charge < -0.3 is 15.0 Å². The number of halogens is 1. The number of carbonyl (C=O) groups is 1. The number of nitrogens with zero attached hydrogens (tertiary/aromatic N) is 2. The molecule has 25 heavy (non-hydrogen) atoms. The standard InChI is InChI=1S/C19H22ClN3O2/c1-21-19(24)25-14-7-16(20)15-9-23-13-5-10-2-11(6-13)4-12(3-10)18(23)22-17(15)8-14/h7-8,10-13H,2-6,9H2,1H3,(H,21,24)/t10-,11-,12?,13?/m0/s1. The number of hydrogen-bond donors (Lipinski definition) is 1. The zero-order valence-corrected chi connectivity index (χ0v) is 15.1. The molecule has 0 radical (unpaired) electrons. The molecule has 1 aromatic rings. The molecule has 3 aliphatic heterocycles. The van der Waals surface area contributed by atoms with Gasteiger partial charge in [0.25, 0.3) is 0 Å². The number of fused-ring (bicyclic) bond motifs is 1. The Morgan fingerprint density at radius 3 is 2.72 bits per heavy atom. The molecule has 0 spiro atoms. The number of hydrogen-bond acceptors (Lipinski definition) is 4. The number of benzene rings is 1. The van der Waals surface area contributed by atoms with E-state index < -0.39 is 6.09 Å². The van der Waals surface area contributed by atoms with E-state index in [1.54, 1.807) is 6.07 Å².